The van der Waals surface area contributed by atoms with Crippen LogP contribution in [-0.2, 0) is 0 Å². The summed E-state index contributed by atoms with van der Waals surface area (Å²) in [5.74, 6) is 0.994. The smallest absolute Gasteiger partial charge is 0.159 e. The van der Waals surface area contributed by atoms with E-state index in [4.69, 9.17) is 17.3 Å². The number of carbonyl (C=O) groups is 1. The second-order valence-corrected chi connectivity index (χ2v) is 6.17. The third kappa shape index (κ3) is 5.28. The third-order valence-electron chi connectivity index (χ3n) is 3.99. The maximum atomic E-state index is 11.5. The van der Waals surface area contributed by atoms with E-state index in [9.17, 15) is 9.90 Å². The minimum atomic E-state index is -0.237. The average Bonchev–Trinajstić information content (AvgIpc) is 2.55. The van der Waals surface area contributed by atoms with Crippen molar-refractivity contribution in [3.63, 3.8) is 0 Å². The molecule has 0 unspecified atom stereocenters. The van der Waals surface area contributed by atoms with E-state index in [2.05, 4.69) is 5.32 Å². The molecule has 6 heteroatoms. The first-order chi connectivity index (χ1) is 11.5. The molecule has 0 amide bonds. The molecule has 24 heavy (non-hydrogen) atoms. The minimum Gasteiger partial charge on any atom is -0.393 e. The van der Waals surface area contributed by atoms with Crippen molar-refractivity contribution in [1.29, 1.82) is 0 Å². The number of Topliss-reactive ketones (excluding diaryl/α,β-unsaturated/α-hetero) is 1. The molecule has 0 atom stereocenters. The lowest BCUT2D eigenvalue weighted by molar-refractivity contribution is 0.0965. The minimum absolute atomic E-state index is 0.0171. The van der Waals surface area contributed by atoms with Crippen molar-refractivity contribution in [3.05, 3.63) is 53.5 Å². The Morgan fingerprint density at radius 2 is 2.17 bits per heavy atom. The summed E-state index contributed by atoms with van der Waals surface area (Å²) in [5, 5.41) is 12.8. The zero-order valence-electron chi connectivity index (χ0n) is 13.8. The number of nitrogens with two attached hydrogens (primary N) is 1. The van der Waals surface area contributed by atoms with E-state index in [1.54, 1.807) is 12.1 Å². The number of nitrogens with one attached hydrogen (secondary N) is 1. The summed E-state index contributed by atoms with van der Waals surface area (Å²) in [5.41, 5.74) is 8.41. The molecule has 1 fully saturated rings. The number of likely N-dealkylation sites (tertiary alicyclic amines) is 1. The molecule has 0 aliphatic carbocycles. The van der Waals surface area contributed by atoms with Gasteiger partial charge in [-0.05, 0) is 38.0 Å². The molecular weight excluding hydrogens is 326 g/mol. The van der Waals surface area contributed by atoms with Gasteiger partial charge in [0, 0.05) is 42.0 Å². The van der Waals surface area contributed by atoms with Crippen LogP contribution in [0.4, 0.5) is 5.69 Å². The first kappa shape index (κ1) is 18.4. The van der Waals surface area contributed by atoms with E-state index in [0.717, 1.165) is 37.3 Å². The predicted molar refractivity (Wildman–Crippen MR) is 98.0 cm³/mol. The van der Waals surface area contributed by atoms with E-state index in [1.807, 2.05) is 29.2 Å². The zero-order valence-corrected chi connectivity index (χ0v) is 14.6. The fourth-order valence-electron chi connectivity index (χ4n) is 2.59. The lowest BCUT2D eigenvalue weighted by Crippen LogP contribution is -2.37. The van der Waals surface area contributed by atoms with E-state index in [1.165, 1.54) is 6.92 Å². The molecule has 5 nitrogen and oxygen atoms in total. The Labute approximate surface area is 147 Å². The van der Waals surface area contributed by atoms with Gasteiger partial charge < -0.3 is 21.1 Å². The number of nitrogens with zero attached hydrogens (tertiary/aromatic N) is 1. The van der Waals surface area contributed by atoms with Crippen LogP contribution in [0.5, 0.6) is 0 Å². The first-order valence-electron chi connectivity index (χ1n) is 8.04. The van der Waals surface area contributed by atoms with E-state index < -0.39 is 0 Å². The van der Waals surface area contributed by atoms with Crippen LogP contribution < -0.4 is 11.1 Å². The summed E-state index contributed by atoms with van der Waals surface area (Å²) >= 11 is 5.85. The highest BCUT2D eigenvalue weighted by Crippen LogP contribution is 2.17. The van der Waals surface area contributed by atoms with Gasteiger partial charge in [-0.2, -0.15) is 0 Å². The lowest BCUT2D eigenvalue weighted by atomic mass is 10.1. The molecule has 0 aromatic heterocycles. The van der Waals surface area contributed by atoms with Gasteiger partial charge in [-0.1, -0.05) is 12.1 Å². The number of aliphatic hydroxyl groups is 1. The van der Waals surface area contributed by atoms with Crippen molar-refractivity contribution in [2.45, 2.75) is 25.9 Å². The van der Waals surface area contributed by atoms with Crippen LogP contribution in [0.3, 0.4) is 0 Å². The standard InChI is InChI=1S/C18H24ClN3O2/c1-13(23)14-3-2-4-15(11-14)21-16(5-8-19)12-18(20)22-9-6-17(24)7-10-22/h2-5,11-12,17,21,24H,6-10,20H2,1H3/b16-5+,18-12+. The molecule has 0 spiro atoms. The van der Waals surface area contributed by atoms with Crippen molar-refractivity contribution < 1.29 is 9.90 Å². The molecule has 4 N–H and O–H groups in total. The summed E-state index contributed by atoms with van der Waals surface area (Å²) in [7, 11) is 0. The Kier molecular flexibility index (Phi) is 6.70. The molecule has 1 aromatic carbocycles. The van der Waals surface area contributed by atoms with Crippen LogP contribution in [0.2, 0.25) is 0 Å². The monoisotopic (exact) mass is 349 g/mol. The normalized spacial score (nSPS) is 17.0. The number of alkyl halides is 1. The molecular formula is C18H24ClN3O2. The number of carbonyl (C=O) groups excluding carboxylic acids is 1. The predicted octanol–water partition coefficient (Wildman–Crippen LogP) is 2.68. The number of benzene rings is 1. The maximum absolute atomic E-state index is 11.5. The number of anilines is 1. The number of halogens is 1. The molecule has 1 aliphatic rings. The second kappa shape index (κ2) is 8.76. The van der Waals surface area contributed by atoms with Gasteiger partial charge in [-0.25, -0.2) is 0 Å². The van der Waals surface area contributed by atoms with Gasteiger partial charge in [0.15, 0.2) is 5.78 Å². The van der Waals surface area contributed by atoms with Crippen LogP contribution in [-0.4, -0.2) is 40.9 Å². The maximum Gasteiger partial charge on any atom is 0.159 e. The van der Waals surface area contributed by atoms with Crippen LogP contribution in [0.25, 0.3) is 0 Å². The van der Waals surface area contributed by atoms with Gasteiger partial charge in [0.05, 0.1) is 6.10 Å². The average molecular weight is 350 g/mol. The van der Waals surface area contributed by atoms with Crippen molar-refractivity contribution in [1.82, 2.24) is 4.90 Å². The van der Waals surface area contributed by atoms with Crippen LogP contribution in [0.1, 0.15) is 30.1 Å². The summed E-state index contributed by atoms with van der Waals surface area (Å²) in [6.07, 6.45) is 4.86. The third-order valence-corrected chi connectivity index (χ3v) is 4.14. The van der Waals surface area contributed by atoms with Crippen molar-refractivity contribution in [2.75, 3.05) is 24.3 Å². The highest BCUT2D eigenvalue weighted by Gasteiger charge is 2.17. The number of rotatable bonds is 6. The van der Waals surface area contributed by atoms with Gasteiger partial charge in [-0.15, -0.1) is 11.6 Å². The largest absolute Gasteiger partial charge is 0.393 e. The molecule has 1 saturated heterocycles. The number of piperidine rings is 1. The molecule has 130 valence electrons. The Morgan fingerprint density at radius 1 is 1.46 bits per heavy atom. The van der Waals surface area contributed by atoms with Crippen molar-refractivity contribution in [3.8, 4) is 0 Å². The SMILES string of the molecule is CC(=O)c1cccc(NC(=C/CCl)/C=C(\N)N2CCC(O)CC2)c1. The topological polar surface area (TPSA) is 78.6 Å². The molecule has 1 aromatic rings. The highest BCUT2D eigenvalue weighted by atomic mass is 35.5. The Morgan fingerprint density at radius 3 is 2.79 bits per heavy atom. The van der Waals surface area contributed by atoms with Gasteiger partial charge in [0.2, 0.25) is 0 Å². The zero-order chi connectivity index (χ0) is 17.5. The summed E-state index contributed by atoms with van der Waals surface area (Å²) in [6, 6.07) is 7.29. The Balaban J connectivity index is 2.12. The molecule has 1 aliphatic heterocycles. The molecule has 2 rings (SSSR count). The number of aliphatic hydroxyl groups excluding tert-OH is 1. The summed E-state index contributed by atoms with van der Waals surface area (Å²) < 4.78 is 0. The lowest BCUT2D eigenvalue weighted by Gasteiger charge is -2.31. The molecule has 0 radical (unpaired) electrons. The quantitative estimate of drug-likeness (QED) is 0.418. The van der Waals surface area contributed by atoms with E-state index in [0.29, 0.717) is 17.3 Å². The van der Waals surface area contributed by atoms with E-state index >= 15 is 0 Å². The van der Waals surface area contributed by atoms with Gasteiger partial charge >= 0.3 is 0 Å². The first-order valence-corrected chi connectivity index (χ1v) is 8.57. The fraction of sp³-hybridized carbons (Fsp3) is 0.389. The highest BCUT2D eigenvalue weighted by molar-refractivity contribution is 6.19. The van der Waals surface area contributed by atoms with Gasteiger partial charge in [0.25, 0.3) is 0 Å². The van der Waals surface area contributed by atoms with Crippen molar-refractivity contribution >= 4 is 23.1 Å². The molecule has 0 saturated carbocycles. The summed E-state index contributed by atoms with van der Waals surface area (Å²) in [4.78, 5) is 13.5. The molecule has 0 bridgehead atoms. The number of hydrogen-bond donors (Lipinski definition) is 3. The van der Waals surface area contributed by atoms with Gasteiger partial charge in [-0.3, -0.25) is 4.79 Å². The van der Waals surface area contributed by atoms with Gasteiger partial charge in [0.1, 0.15) is 5.82 Å². The Hall–Kier alpha value is -1.98. The van der Waals surface area contributed by atoms with Crippen molar-refractivity contribution in [2.24, 2.45) is 5.73 Å². The van der Waals surface area contributed by atoms with E-state index in [-0.39, 0.29) is 11.9 Å². The number of hydrogen-bond acceptors (Lipinski definition) is 5. The number of ketones is 1. The summed E-state index contributed by atoms with van der Waals surface area (Å²) in [6.45, 7) is 3.01. The Bertz CT molecular complexity index is 635. The van der Waals surface area contributed by atoms with Crippen LogP contribution >= 0.6 is 11.6 Å². The second-order valence-electron chi connectivity index (χ2n) is 5.86. The molecule has 1 heterocycles. The number of allylic oxidation sites excluding steroid dienone is 2. The van der Waals surface area contributed by atoms with Crippen LogP contribution in [0, 0.1) is 0 Å². The fourth-order valence-corrected chi connectivity index (χ4v) is 2.75. The van der Waals surface area contributed by atoms with Crippen LogP contribution in [0.15, 0.2) is 47.9 Å².